The Hall–Kier alpha value is -1.24. The van der Waals surface area contributed by atoms with E-state index in [1.165, 1.54) is 0 Å². The maximum absolute atomic E-state index is 9.59. The topological polar surface area (TPSA) is 62.4 Å². The minimum absolute atomic E-state index is 0.242. The van der Waals surface area contributed by atoms with Gasteiger partial charge in [0.25, 0.3) is 0 Å². The molecule has 1 aliphatic heterocycles. The zero-order valence-electron chi connectivity index (χ0n) is 10.8. The van der Waals surface area contributed by atoms with Crippen LogP contribution in [0.1, 0.15) is 19.2 Å². The average Bonchev–Trinajstić information content (AvgIpc) is 3.09. The van der Waals surface area contributed by atoms with E-state index in [0.717, 1.165) is 25.1 Å². The molecule has 0 amide bonds. The third-order valence-electron chi connectivity index (χ3n) is 3.60. The standard InChI is InChI=1S/C13H17N3O2S/c1-9(17)10-2-4-16(6-10)7-12-14-13(15-18-12)11-3-5-19-8-11/h3,5,8-10,17H,2,4,6-7H2,1H3. The van der Waals surface area contributed by atoms with Gasteiger partial charge in [0.05, 0.1) is 12.6 Å². The van der Waals surface area contributed by atoms with Crippen LogP contribution in [-0.4, -0.2) is 39.3 Å². The first-order valence-electron chi connectivity index (χ1n) is 6.48. The number of nitrogens with zero attached hydrogens (tertiary/aromatic N) is 3. The Balaban J connectivity index is 1.62. The van der Waals surface area contributed by atoms with Crippen LogP contribution in [0.4, 0.5) is 0 Å². The molecule has 2 atom stereocenters. The fourth-order valence-electron chi connectivity index (χ4n) is 2.42. The molecular formula is C13H17N3O2S. The second kappa shape index (κ2) is 5.40. The number of likely N-dealkylation sites (tertiary alicyclic amines) is 1. The van der Waals surface area contributed by atoms with Crippen molar-refractivity contribution >= 4 is 11.3 Å². The van der Waals surface area contributed by atoms with Crippen molar-refractivity contribution in [2.45, 2.75) is 26.0 Å². The number of aliphatic hydroxyl groups is 1. The maximum atomic E-state index is 9.59. The van der Waals surface area contributed by atoms with Crippen molar-refractivity contribution in [2.24, 2.45) is 5.92 Å². The predicted octanol–water partition coefficient (Wildman–Crippen LogP) is 2.00. The summed E-state index contributed by atoms with van der Waals surface area (Å²) in [5.41, 5.74) is 1.00. The lowest BCUT2D eigenvalue weighted by atomic mass is 10.0. The van der Waals surface area contributed by atoms with Crippen LogP contribution in [0.2, 0.25) is 0 Å². The van der Waals surface area contributed by atoms with E-state index in [1.54, 1.807) is 11.3 Å². The Bertz CT molecular complexity index is 524. The first-order valence-corrected chi connectivity index (χ1v) is 7.42. The third-order valence-corrected chi connectivity index (χ3v) is 4.28. The van der Waals surface area contributed by atoms with E-state index in [0.29, 0.717) is 24.2 Å². The van der Waals surface area contributed by atoms with Gasteiger partial charge in [0.2, 0.25) is 11.7 Å². The van der Waals surface area contributed by atoms with E-state index in [1.807, 2.05) is 23.8 Å². The van der Waals surface area contributed by atoms with E-state index in [4.69, 9.17) is 4.52 Å². The first-order chi connectivity index (χ1) is 9.22. The van der Waals surface area contributed by atoms with Crippen molar-refractivity contribution in [3.63, 3.8) is 0 Å². The summed E-state index contributed by atoms with van der Waals surface area (Å²) < 4.78 is 5.29. The molecule has 5 nitrogen and oxygen atoms in total. The second-order valence-electron chi connectivity index (χ2n) is 5.05. The summed E-state index contributed by atoms with van der Waals surface area (Å²) >= 11 is 1.62. The van der Waals surface area contributed by atoms with Crippen molar-refractivity contribution in [3.8, 4) is 11.4 Å². The van der Waals surface area contributed by atoms with Gasteiger partial charge in [-0.1, -0.05) is 5.16 Å². The lowest BCUT2D eigenvalue weighted by Crippen LogP contribution is -2.24. The minimum atomic E-state index is -0.242. The molecule has 102 valence electrons. The lowest BCUT2D eigenvalue weighted by Gasteiger charge is -2.15. The highest BCUT2D eigenvalue weighted by atomic mass is 32.1. The van der Waals surface area contributed by atoms with Crippen molar-refractivity contribution in [1.29, 1.82) is 0 Å². The molecule has 0 radical (unpaired) electrons. The SMILES string of the molecule is CC(O)C1CCN(Cc2nc(-c3ccsc3)no2)C1. The van der Waals surface area contributed by atoms with Crippen LogP contribution >= 0.6 is 11.3 Å². The van der Waals surface area contributed by atoms with Gasteiger partial charge < -0.3 is 9.63 Å². The molecule has 19 heavy (non-hydrogen) atoms. The number of aromatic nitrogens is 2. The molecule has 2 aromatic heterocycles. The number of thiophene rings is 1. The van der Waals surface area contributed by atoms with Crippen molar-refractivity contribution < 1.29 is 9.63 Å². The Kier molecular flexibility index (Phi) is 3.63. The summed E-state index contributed by atoms with van der Waals surface area (Å²) in [4.78, 5) is 6.66. The number of hydrogen-bond donors (Lipinski definition) is 1. The van der Waals surface area contributed by atoms with Crippen LogP contribution in [0.15, 0.2) is 21.3 Å². The average molecular weight is 279 g/mol. The van der Waals surface area contributed by atoms with Gasteiger partial charge in [0.15, 0.2) is 0 Å². The molecular weight excluding hydrogens is 262 g/mol. The molecule has 0 saturated carbocycles. The van der Waals surface area contributed by atoms with Crippen LogP contribution in [0.5, 0.6) is 0 Å². The predicted molar refractivity (Wildman–Crippen MR) is 72.7 cm³/mol. The Morgan fingerprint density at radius 2 is 2.53 bits per heavy atom. The van der Waals surface area contributed by atoms with Crippen molar-refractivity contribution in [3.05, 3.63) is 22.7 Å². The molecule has 2 aromatic rings. The Morgan fingerprint density at radius 1 is 1.63 bits per heavy atom. The summed E-state index contributed by atoms with van der Waals surface area (Å²) in [5.74, 6) is 1.66. The Labute approximate surface area is 115 Å². The van der Waals surface area contributed by atoms with E-state index in [9.17, 15) is 5.11 Å². The molecule has 0 aromatic carbocycles. The highest BCUT2D eigenvalue weighted by molar-refractivity contribution is 7.08. The fourth-order valence-corrected chi connectivity index (χ4v) is 3.05. The smallest absolute Gasteiger partial charge is 0.241 e. The molecule has 0 spiro atoms. The van der Waals surface area contributed by atoms with E-state index in [2.05, 4.69) is 15.0 Å². The van der Waals surface area contributed by atoms with Crippen LogP contribution in [0, 0.1) is 5.92 Å². The van der Waals surface area contributed by atoms with Crippen LogP contribution in [0.25, 0.3) is 11.4 Å². The van der Waals surface area contributed by atoms with Gasteiger partial charge in [-0.2, -0.15) is 16.3 Å². The molecule has 0 bridgehead atoms. The summed E-state index contributed by atoms with van der Waals surface area (Å²) in [6, 6.07) is 1.98. The highest BCUT2D eigenvalue weighted by Gasteiger charge is 2.27. The molecule has 6 heteroatoms. The maximum Gasteiger partial charge on any atom is 0.241 e. The van der Waals surface area contributed by atoms with Gasteiger partial charge in [-0.3, -0.25) is 4.90 Å². The summed E-state index contributed by atoms with van der Waals surface area (Å²) in [6.45, 7) is 4.40. The molecule has 1 N–H and O–H groups in total. The zero-order valence-corrected chi connectivity index (χ0v) is 11.6. The number of rotatable bonds is 4. The van der Waals surface area contributed by atoms with E-state index < -0.39 is 0 Å². The first kappa shape index (κ1) is 12.8. The molecule has 1 fully saturated rings. The molecule has 3 rings (SSSR count). The monoisotopic (exact) mass is 279 g/mol. The minimum Gasteiger partial charge on any atom is -0.393 e. The molecule has 1 saturated heterocycles. The van der Waals surface area contributed by atoms with Crippen LogP contribution in [-0.2, 0) is 6.54 Å². The quantitative estimate of drug-likeness (QED) is 0.927. The van der Waals surface area contributed by atoms with Gasteiger partial charge in [0, 0.05) is 17.5 Å². The molecule has 0 aliphatic carbocycles. The molecule has 3 heterocycles. The fraction of sp³-hybridized carbons (Fsp3) is 0.538. The van der Waals surface area contributed by atoms with Gasteiger partial charge in [-0.15, -0.1) is 0 Å². The zero-order chi connectivity index (χ0) is 13.2. The Morgan fingerprint density at radius 3 is 3.21 bits per heavy atom. The third kappa shape index (κ3) is 2.86. The summed E-state index contributed by atoms with van der Waals surface area (Å²) in [7, 11) is 0. The van der Waals surface area contributed by atoms with Gasteiger partial charge in [0.1, 0.15) is 0 Å². The summed E-state index contributed by atoms with van der Waals surface area (Å²) in [5, 5.41) is 17.6. The number of aliphatic hydroxyl groups excluding tert-OH is 1. The molecule has 2 unspecified atom stereocenters. The van der Waals surface area contributed by atoms with Gasteiger partial charge >= 0.3 is 0 Å². The lowest BCUT2D eigenvalue weighted by molar-refractivity contribution is 0.125. The van der Waals surface area contributed by atoms with E-state index in [-0.39, 0.29) is 6.10 Å². The normalized spacial score (nSPS) is 21.9. The number of hydrogen-bond acceptors (Lipinski definition) is 6. The largest absolute Gasteiger partial charge is 0.393 e. The van der Waals surface area contributed by atoms with Crippen LogP contribution < -0.4 is 0 Å². The van der Waals surface area contributed by atoms with Gasteiger partial charge in [-0.25, -0.2) is 0 Å². The van der Waals surface area contributed by atoms with Crippen molar-refractivity contribution in [1.82, 2.24) is 15.0 Å². The summed E-state index contributed by atoms with van der Waals surface area (Å²) in [6.07, 6.45) is 0.789. The van der Waals surface area contributed by atoms with Gasteiger partial charge in [-0.05, 0) is 37.3 Å². The highest BCUT2D eigenvalue weighted by Crippen LogP contribution is 2.23. The van der Waals surface area contributed by atoms with Crippen molar-refractivity contribution in [2.75, 3.05) is 13.1 Å². The molecule has 1 aliphatic rings. The second-order valence-corrected chi connectivity index (χ2v) is 5.83. The van der Waals surface area contributed by atoms with Crippen LogP contribution in [0.3, 0.4) is 0 Å². The van der Waals surface area contributed by atoms with E-state index >= 15 is 0 Å².